The molecule has 0 aromatic heterocycles. The van der Waals surface area contributed by atoms with Crippen LogP contribution in [0.2, 0.25) is 0 Å². The normalized spacial score (nSPS) is 14.5. The van der Waals surface area contributed by atoms with Gasteiger partial charge in [-0.25, -0.2) is 0 Å². The molecule has 0 spiro atoms. The number of methoxy groups -OCH3 is 2. The molecule has 2 aromatic carbocycles. The molecule has 3 rings (SSSR count). The van der Waals surface area contributed by atoms with Crippen LogP contribution in [0.4, 0.5) is 0 Å². The Bertz CT molecular complexity index is 1020. The molecule has 0 bridgehead atoms. The SMILES string of the molecule is CCOc1ccc(CCN2C(=O)/C(=C\c3ccc(OC)cc3OC)NC2=S)cc1OCC. The van der Waals surface area contributed by atoms with E-state index in [1.165, 1.54) is 0 Å². The van der Waals surface area contributed by atoms with Gasteiger partial charge in [0.15, 0.2) is 16.6 Å². The number of thiocarbonyl (C=S) groups is 1. The van der Waals surface area contributed by atoms with Gasteiger partial charge in [0, 0.05) is 18.2 Å². The van der Waals surface area contributed by atoms with Crippen LogP contribution in [0.25, 0.3) is 6.08 Å². The van der Waals surface area contributed by atoms with Crippen molar-refractivity contribution in [2.24, 2.45) is 0 Å². The highest BCUT2D eigenvalue weighted by molar-refractivity contribution is 7.80. The van der Waals surface area contributed by atoms with Crippen LogP contribution < -0.4 is 24.3 Å². The summed E-state index contributed by atoms with van der Waals surface area (Å²) in [6.45, 7) is 5.42. The fraction of sp³-hybridized carbons (Fsp3) is 0.333. The zero-order valence-corrected chi connectivity index (χ0v) is 19.6. The van der Waals surface area contributed by atoms with E-state index in [0.29, 0.717) is 60.0 Å². The number of ether oxygens (including phenoxy) is 4. The number of nitrogens with zero attached hydrogens (tertiary/aromatic N) is 1. The molecule has 0 unspecified atom stereocenters. The van der Waals surface area contributed by atoms with Crippen molar-refractivity contribution in [3.63, 3.8) is 0 Å². The van der Waals surface area contributed by atoms with Gasteiger partial charge >= 0.3 is 0 Å². The second kappa shape index (κ2) is 10.9. The Morgan fingerprint density at radius 1 is 0.969 bits per heavy atom. The molecule has 170 valence electrons. The van der Waals surface area contributed by atoms with Crippen molar-refractivity contribution in [1.29, 1.82) is 0 Å². The molecule has 1 saturated heterocycles. The third-order valence-corrected chi connectivity index (χ3v) is 5.26. The summed E-state index contributed by atoms with van der Waals surface area (Å²) < 4.78 is 22.0. The lowest BCUT2D eigenvalue weighted by Crippen LogP contribution is -2.32. The third kappa shape index (κ3) is 5.31. The Hall–Kier alpha value is -3.26. The number of carbonyl (C=O) groups is 1. The Balaban J connectivity index is 1.73. The van der Waals surface area contributed by atoms with Gasteiger partial charge in [0.05, 0.1) is 27.4 Å². The van der Waals surface area contributed by atoms with Crippen LogP contribution in [0.1, 0.15) is 25.0 Å². The predicted molar refractivity (Wildman–Crippen MR) is 127 cm³/mol. The van der Waals surface area contributed by atoms with Crippen molar-refractivity contribution >= 4 is 29.3 Å². The van der Waals surface area contributed by atoms with Gasteiger partial charge in [-0.05, 0) is 68.4 Å². The molecular weight excluding hydrogens is 428 g/mol. The molecule has 1 amide bonds. The van der Waals surface area contributed by atoms with Crippen molar-refractivity contribution in [3.8, 4) is 23.0 Å². The summed E-state index contributed by atoms with van der Waals surface area (Å²) in [6, 6.07) is 11.2. The minimum atomic E-state index is -0.177. The average molecular weight is 457 g/mol. The van der Waals surface area contributed by atoms with E-state index in [-0.39, 0.29) is 5.91 Å². The van der Waals surface area contributed by atoms with Crippen LogP contribution in [-0.4, -0.2) is 49.9 Å². The van der Waals surface area contributed by atoms with Gasteiger partial charge in [-0.3, -0.25) is 9.69 Å². The van der Waals surface area contributed by atoms with E-state index in [9.17, 15) is 4.79 Å². The fourth-order valence-electron chi connectivity index (χ4n) is 3.36. The van der Waals surface area contributed by atoms with Crippen molar-refractivity contribution in [2.75, 3.05) is 34.0 Å². The smallest absolute Gasteiger partial charge is 0.276 e. The lowest BCUT2D eigenvalue weighted by molar-refractivity contribution is -0.122. The molecule has 7 nitrogen and oxygen atoms in total. The first-order valence-electron chi connectivity index (χ1n) is 10.5. The van der Waals surface area contributed by atoms with E-state index >= 15 is 0 Å². The van der Waals surface area contributed by atoms with Crippen molar-refractivity contribution < 1.29 is 23.7 Å². The third-order valence-electron chi connectivity index (χ3n) is 4.93. The van der Waals surface area contributed by atoms with E-state index < -0.39 is 0 Å². The van der Waals surface area contributed by atoms with E-state index in [1.54, 1.807) is 31.3 Å². The molecule has 1 aliphatic rings. The quantitative estimate of drug-likeness (QED) is 0.431. The first-order chi connectivity index (χ1) is 15.5. The minimum Gasteiger partial charge on any atom is -0.497 e. The molecule has 0 radical (unpaired) electrons. The molecule has 32 heavy (non-hydrogen) atoms. The maximum Gasteiger partial charge on any atom is 0.276 e. The summed E-state index contributed by atoms with van der Waals surface area (Å²) in [4.78, 5) is 14.5. The molecule has 1 N–H and O–H groups in total. The first-order valence-corrected chi connectivity index (χ1v) is 10.9. The summed E-state index contributed by atoms with van der Waals surface area (Å²) in [5.41, 5.74) is 2.18. The molecule has 2 aromatic rings. The summed E-state index contributed by atoms with van der Waals surface area (Å²) in [5, 5.41) is 3.39. The van der Waals surface area contributed by atoms with Crippen LogP contribution in [0, 0.1) is 0 Å². The second-order valence-corrected chi connectivity index (χ2v) is 7.34. The van der Waals surface area contributed by atoms with E-state index in [2.05, 4.69) is 5.32 Å². The van der Waals surface area contributed by atoms with Gasteiger partial charge in [0.25, 0.3) is 5.91 Å². The Labute approximate surface area is 193 Å². The van der Waals surface area contributed by atoms with Gasteiger partial charge < -0.3 is 24.3 Å². The monoisotopic (exact) mass is 456 g/mol. The van der Waals surface area contributed by atoms with Crippen LogP contribution in [-0.2, 0) is 11.2 Å². The highest BCUT2D eigenvalue weighted by atomic mass is 32.1. The summed E-state index contributed by atoms with van der Waals surface area (Å²) >= 11 is 5.41. The largest absolute Gasteiger partial charge is 0.497 e. The number of nitrogens with one attached hydrogen (secondary N) is 1. The van der Waals surface area contributed by atoms with Crippen LogP contribution in [0.15, 0.2) is 42.1 Å². The standard InChI is InChI=1S/C24H28N2O5S/c1-5-30-20-10-7-16(13-22(20)31-6-2)11-12-26-23(27)19(25-24(26)32)14-17-8-9-18(28-3)15-21(17)29-4/h7-10,13-15H,5-6,11-12H2,1-4H3,(H,25,32)/b19-14+. The van der Waals surface area contributed by atoms with Gasteiger partial charge in [0.1, 0.15) is 17.2 Å². The molecule has 1 fully saturated rings. The second-order valence-electron chi connectivity index (χ2n) is 6.95. The molecular formula is C24H28N2O5S. The summed E-state index contributed by atoms with van der Waals surface area (Å²) in [5.74, 6) is 2.52. The molecule has 0 saturated carbocycles. The van der Waals surface area contributed by atoms with E-state index in [4.69, 9.17) is 31.2 Å². The number of carbonyl (C=O) groups excluding carboxylic acids is 1. The topological polar surface area (TPSA) is 69.3 Å². The van der Waals surface area contributed by atoms with Crippen LogP contribution in [0.3, 0.4) is 0 Å². The van der Waals surface area contributed by atoms with Gasteiger partial charge in [-0.1, -0.05) is 6.07 Å². The number of rotatable bonds is 10. The van der Waals surface area contributed by atoms with E-state index in [0.717, 1.165) is 11.1 Å². The highest BCUT2D eigenvalue weighted by Crippen LogP contribution is 2.30. The maximum absolute atomic E-state index is 13.0. The predicted octanol–water partition coefficient (Wildman–Crippen LogP) is 3.80. The zero-order valence-electron chi connectivity index (χ0n) is 18.8. The molecule has 0 aliphatic carbocycles. The number of hydrogen-bond donors (Lipinski definition) is 1. The molecule has 8 heteroatoms. The fourth-order valence-corrected chi connectivity index (χ4v) is 3.64. The lowest BCUT2D eigenvalue weighted by Gasteiger charge is -2.16. The van der Waals surface area contributed by atoms with E-state index in [1.807, 2.05) is 44.2 Å². The van der Waals surface area contributed by atoms with Crippen molar-refractivity contribution in [3.05, 3.63) is 53.2 Å². The Morgan fingerprint density at radius 3 is 2.41 bits per heavy atom. The van der Waals surface area contributed by atoms with Crippen LogP contribution in [0.5, 0.6) is 23.0 Å². The maximum atomic E-state index is 13.0. The molecule has 1 aliphatic heterocycles. The number of amides is 1. The van der Waals surface area contributed by atoms with Crippen molar-refractivity contribution in [2.45, 2.75) is 20.3 Å². The zero-order chi connectivity index (χ0) is 23.1. The summed E-state index contributed by atoms with van der Waals surface area (Å²) in [7, 11) is 3.16. The van der Waals surface area contributed by atoms with Gasteiger partial charge in [-0.15, -0.1) is 0 Å². The van der Waals surface area contributed by atoms with Crippen LogP contribution >= 0.6 is 12.2 Å². The summed E-state index contributed by atoms with van der Waals surface area (Å²) in [6.07, 6.45) is 2.36. The molecule has 0 atom stereocenters. The highest BCUT2D eigenvalue weighted by Gasteiger charge is 2.30. The minimum absolute atomic E-state index is 0.177. The first kappa shape index (κ1) is 23.4. The van der Waals surface area contributed by atoms with Crippen molar-refractivity contribution in [1.82, 2.24) is 10.2 Å². The number of hydrogen-bond acceptors (Lipinski definition) is 6. The Kier molecular flexibility index (Phi) is 7.94. The lowest BCUT2D eigenvalue weighted by atomic mass is 10.1. The Morgan fingerprint density at radius 2 is 1.72 bits per heavy atom. The van der Waals surface area contributed by atoms with Gasteiger partial charge in [-0.2, -0.15) is 0 Å². The average Bonchev–Trinajstić information content (AvgIpc) is 3.06. The number of benzene rings is 2. The van der Waals surface area contributed by atoms with Gasteiger partial charge in [0.2, 0.25) is 0 Å². The molecule has 1 heterocycles.